The van der Waals surface area contributed by atoms with E-state index in [-0.39, 0.29) is 0 Å². The maximum atomic E-state index is 3.21. The van der Waals surface area contributed by atoms with E-state index in [2.05, 4.69) is 61.0 Å². The fraction of sp³-hybridized carbons (Fsp3) is 0.333. The van der Waals surface area contributed by atoms with E-state index in [1.807, 2.05) is 7.05 Å². The first-order valence-electron chi connectivity index (χ1n) is 6.03. The second-order valence-corrected chi connectivity index (χ2v) is 4.60. The lowest BCUT2D eigenvalue weighted by molar-refractivity contribution is 0.807. The Morgan fingerprint density at radius 3 is 2.53 bits per heavy atom. The molecule has 1 N–H and O–H groups in total. The van der Waals surface area contributed by atoms with E-state index in [0.29, 0.717) is 0 Å². The molecule has 0 atom stereocenters. The van der Waals surface area contributed by atoms with Crippen LogP contribution in [0.5, 0.6) is 0 Å². The van der Waals surface area contributed by atoms with Gasteiger partial charge in [0.15, 0.2) is 0 Å². The summed E-state index contributed by atoms with van der Waals surface area (Å²) in [5.74, 6) is 0. The predicted octanol–water partition coefficient (Wildman–Crippen LogP) is 3.12. The highest BCUT2D eigenvalue weighted by atomic mass is 15.0. The molecule has 2 heteroatoms. The van der Waals surface area contributed by atoms with E-state index >= 15 is 0 Å². The summed E-state index contributed by atoms with van der Waals surface area (Å²) in [6.45, 7) is 7.40. The number of hydrogen-bond donors (Lipinski definition) is 1. The molecule has 2 rings (SSSR count). The van der Waals surface area contributed by atoms with Crippen molar-refractivity contribution in [3.8, 4) is 5.69 Å². The number of aromatic nitrogens is 1. The third-order valence-corrected chi connectivity index (χ3v) is 3.16. The summed E-state index contributed by atoms with van der Waals surface area (Å²) in [6.07, 6.45) is 0. The highest BCUT2D eigenvalue weighted by molar-refractivity contribution is 5.42. The van der Waals surface area contributed by atoms with Crippen LogP contribution in [0.1, 0.15) is 22.5 Å². The molecule has 0 spiro atoms. The first-order valence-corrected chi connectivity index (χ1v) is 6.03. The van der Waals surface area contributed by atoms with Gasteiger partial charge in [-0.25, -0.2) is 0 Å². The van der Waals surface area contributed by atoms with E-state index in [1.54, 1.807) is 0 Å². The summed E-state index contributed by atoms with van der Waals surface area (Å²) in [7, 11) is 1.98. The second kappa shape index (κ2) is 4.76. The van der Waals surface area contributed by atoms with Gasteiger partial charge in [0.05, 0.1) is 0 Å². The zero-order valence-corrected chi connectivity index (χ0v) is 11.0. The number of benzene rings is 1. The van der Waals surface area contributed by atoms with E-state index < -0.39 is 0 Å². The molecule has 0 fully saturated rings. The Kier molecular flexibility index (Phi) is 3.34. The van der Waals surface area contributed by atoms with Crippen LogP contribution in [0, 0.1) is 20.8 Å². The molecule has 1 heterocycles. The molecule has 1 aromatic carbocycles. The lowest BCUT2D eigenvalue weighted by Gasteiger charge is -2.10. The summed E-state index contributed by atoms with van der Waals surface area (Å²) in [5, 5.41) is 3.21. The molecular formula is C15H20N2. The van der Waals surface area contributed by atoms with Gasteiger partial charge in [0.1, 0.15) is 0 Å². The molecule has 0 aliphatic carbocycles. The van der Waals surface area contributed by atoms with Crippen LogP contribution in [0.15, 0.2) is 30.3 Å². The summed E-state index contributed by atoms with van der Waals surface area (Å²) in [6, 6.07) is 10.9. The van der Waals surface area contributed by atoms with Gasteiger partial charge in [-0.2, -0.15) is 0 Å². The van der Waals surface area contributed by atoms with Crippen molar-refractivity contribution in [2.24, 2.45) is 0 Å². The van der Waals surface area contributed by atoms with E-state index in [4.69, 9.17) is 0 Å². The fourth-order valence-electron chi connectivity index (χ4n) is 2.36. The maximum Gasteiger partial charge on any atom is 0.0457 e. The molecule has 0 aliphatic heterocycles. The molecule has 0 unspecified atom stereocenters. The molecule has 0 saturated carbocycles. The number of hydrogen-bond acceptors (Lipinski definition) is 1. The maximum absolute atomic E-state index is 3.21. The Morgan fingerprint density at radius 2 is 1.88 bits per heavy atom. The minimum atomic E-state index is 0.922. The van der Waals surface area contributed by atoms with Crippen LogP contribution in [0.4, 0.5) is 0 Å². The lowest BCUT2D eigenvalue weighted by Crippen LogP contribution is -2.06. The smallest absolute Gasteiger partial charge is 0.0457 e. The van der Waals surface area contributed by atoms with Gasteiger partial charge in [-0.3, -0.25) is 0 Å². The molecule has 0 saturated heterocycles. The van der Waals surface area contributed by atoms with Gasteiger partial charge in [0.2, 0.25) is 0 Å². The summed E-state index contributed by atoms with van der Waals surface area (Å²) in [4.78, 5) is 0. The van der Waals surface area contributed by atoms with Gasteiger partial charge >= 0.3 is 0 Å². The van der Waals surface area contributed by atoms with Crippen LogP contribution in [-0.4, -0.2) is 11.6 Å². The van der Waals surface area contributed by atoms with Crippen LogP contribution in [-0.2, 0) is 6.54 Å². The number of nitrogens with zero attached hydrogens (tertiary/aromatic N) is 1. The van der Waals surface area contributed by atoms with E-state index in [1.165, 1.54) is 28.2 Å². The molecule has 2 aromatic rings. The Morgan fingerprint density at radius 1 is 1.12 bits per heavy atom. The van der Waals surface area contributed by atoms with E-state index in [9.17, 15) is 0 Å². The zero-order chi connectivity index (χ0) is 12.4. The minimum Gasteiger partial charge on any atom is -0.318 e. The third kappa shape index (κ3) is 2.27. The van der Waals surface area contributed by atoms with E-state index in [0.717, 1.165) is 6.54 Å². The molecule has 0 radical (unpaired) electrons. The van der Waals surface area contributed by atoms with Crippen molar-refractivity contribution in [2.45, 2.75) is 27.3 Å². The Labute approximate surface area is 103 Å². The van der Waals surface area contributed by atoms with Crippen LogP contribution in [0.25, 0.3) is 5.69 Å². The highest BCUT2D eigenvalue weighted by Gasteiger charge is 2.09. The molecule has 17 heavy (non-hydrogen) atoms. The SMILES string of the molecule is CNCc1cc(C)n(-c2cccc(C)c2)c1C. The number of nitrogens with one attached hydrogen (secondary N) is 1. The van der Waals surface area contributed by atoms with Gasteiger partial charge in [0.25, 0.3) is 0 Å². The third-order valence-electron chi connectivity index (χ3n) is 3.16. The van der Waals surface area contributed by atoms with Gasteiger partial charge in [-0.05, 0) is 57.1 Å². The largest absolute Gasteiger partial charge is 0.318 e. The molecule has 0 aliphatic rings. The molecule has 0 amide bonds. The van der Waals surface area contributed by atoms with Crippen LogP contribution in [0.2, 0.25) is 0 Å². The average molecular weight is 228 g/mol. The van der Waals surface area contributed by atoms with Crippen LogP contribution < -0.4 is 5.32 Å². The number of rotatable bonds is 3. The monoisotopic (exact) mass is 228 g/mol. The normalized spacial score (nSPS) is 10.8. The average Bonchev–Trinajstić information content (AvgIpc) is 2.55. The first kappa shape index (κ1) is 11.9. The Bertz CT molecular complexity index is 524. The second-order valence-electron chi connectivity index (χ2n) is 4.60. The Hall–Kier alpha value is -1.54. The van der Waals surface area contributed by atoms with Gasteiger partial charge in [-0.1, -0.05) is 12.1 Å². The summed E-state index contributed by atoms with van der Waals surface area (Å²) < 4.78 is 2.32. The molecule has 1 aromatic heterocycles. The lowest BCUT2D eigenvalue weighted by atomic mass is 10.2. The molecule has 2 nitrogen and oxygen atoms in total. The quantitative estimate of drug-likeness (QED) is 0.854. The Balaban J connectivity index is 2.52. The zero-order valence-electron chi connectivity index (χ0n) is 11.0. The summed E-state index contributed by atoms with van der Waals surface area (Å²) >= 11 is 0. The fourth-order valence-corrected chi connectivity index (χ4v) is 2.36. The van der Waals surface area contributed by atoms with Crippen molar-refractivity contribution in [2.75, 3.05) is 7.05 Å². The van der Waals surface area contributed by atoms with Crippen LogP contribution in [0.3, 0.4) is 0 Å². The van der Waals surface area contributed by atoms with Crippen molar-refractivity contribution in [3.05, 3.63) is 52.8 Å². The minimum absolute atomic E-state index is 0.922. The van der Waals surface area contributed by atoms with Gasteiger partial charge < -0.3 is 9.88 Å². The van der Waals surface area contributed by atoms with Crippen molar-refractivity contribution < 1.29 is 0 Å². The molecule has 0 bridgehead atoms. The van der Waals surface area contributed by atoms with Crippen LogP contribution >= 0.6 is 0 Å². The topological polar surface area (TPSA) is 17.0 Å². The molecule has 90 valence electrons. The summed E-state index contributed by atoms with van der Waals surface area (Å²) in [5.41, 5.74) is 6.53. The van der Waals surface area contributed by atoms with Crippen molar-refractivity contribution in [3.63, 3.8) is 0 Å². The highest BCUT2D eigenvalue weighted by Crippen LogP contribution is 2.21. The van der Waals surface area contributed by atoms with Gasteiger partial charge in [-0.15, -0.1) is 0 Å². The predicted molar refractivity (Wildman–Crippen MR) is 72.7 cm³/mol. The van der Waals surface area contributed by atoms with Gasteiger partial charge in [0, 0.05) is 23.6 Å². The standard InChI is InChI=1S/C15H20N2/c1-11-6-5-7-15(8-11)17-12(2)9-14(10-16-4)13(17)3/h5-9,16H,10H2,1-4H3. The van der Waals surface area contributed by atoms with Crippen molar-refractivity contribution >= 4 is 0 Å². The van der Waals surface area contributed by atoms with Crippen molar-refractivity contribution in [1.82, 2.24) is 9.88 Å². The first-order chi connectivity index (χ1) is 8.13. The molecular weight excluding hydrogens is 208 g/mol. The van der Waals surface area contributed by atoms with Crippen molar-refractivity contribution in [1.29, 1.82) is 0 Å². The number of aryl methyl sites for hydroxylation is 2.